The fraction of sp³-hybridized carbons (Fsp3) is 0.529. The topological polar surface area (TPSA) is 122 Å². The number of methoxy groups -OCH3 is 1. The van der Waals surface area contributed by atoms with Crippen LogP contribution in [0.1, 0.15) is 43.0 Å². The van der Waals surface area contributed by atoms with Gasteiger partial charge in [0.2, 0.25) is 10.0 Å². The highest BCUT2D eigenvalue weighted by Crippen LogP contribution is 2.27. The highest BCUT2D eigenvalue weighted by Gasteiger charge is 2.26. The monoisotopic (exact) mass is 384 g/mol. The third-order valence-electron chi connectivity index (χ3n) is 4.38. The Morgan fingerprint density at radius 3 is 2.54 bits per heavy atom. The van der Waals surface area contributed by atoms with Crippen LogP contribution in [-0.4, -0.2) is 45.1 Å². The summed E-state index contributed by atoms with van der Waals surface area (Å²) in [6.07, 6.45) is 3.53. The number of benzene rings is 1. The van der Waals surface area contributed by atoms with Crippen LogP contribution in [0, 0.1) is 5.92 Å². The molecule has 1 aliphatic rings. The first-order chi connectivity index (χ1) is 12.2. The largest absolute Gasteiger partial charge is 0.495 e. The number of carboxylic acid groups (broad SMARTS) is 1. The van der Waals surface area contributed by atoms with E-state index in [0.29, 0.717) is 0 Å². The summed E-state index contributed by atoms with van der Waals surface area (Å²) < 4.78 is 33.2. The Bertz CT molecular complexity index is 771. The lowest BCUT2D eigenvalue weighted by Gasteiger charge is -2.16. The molecule has 0 radical (unpaired) electrons. The third-order valence-corrected chi connectivity index (χ3v) is 5.92. The van der Waals surface area contributed by atoms with Gasteiger partial charge in [-0.05, 0) is 31.0 Å². The van der Waals surface area contributed by atoms with E-state index >= 15 is 0 Å². The van der Waals surface area contributed by atoms with Crippen molar-refractivity contribution in [2.24, 2.45) is 5.92 Å². The molecule has 1 aromatic carbocycles. The maximum atomic E-state index is 12.7. The number of amides is 1. The van der Waals surface area contributed by atoms with E-state index < -0.39 is 27.8 Å². The van der Waals surface area contributed by atoms with Crippen LogP contribution in [0.2, 0.25) is 0 Å². The molecule has 0 bridgehead atoms. The van der Waals surface area contributed by atoms with Gasteiger partial charge in [-0.2, -0.15) is 0 Å². The third kappa shape index (κ3) is 4.95. The van der Waals surface area contributed by atoms with Crippen LogP contribution in [0.3, 0.4) is 0 Å². The molecule has 1 aliphatic carbocycles. The van der Waals surface area contributed by atoms with Gasteiger partial charge in [-0.1, -0.05) is 19.8 Å². The van der Waals surface area contributed by atoms with Crippen LogP contribution in [0.15, 0.2) is 23.1 Å². The zero-order valence-electron chi connectivity index (χ0n) is 14.8. The first kappa shape index (κ1) is 20.2. The molecule has 26 heavy (non-hydrogen) atoms. The van der Waals surface area contributed by atoms with Crippen LogP contribution < -0.4 is 14.8 Å². The van der Waals surface area contributed by atoms with E-state index in [2.05, 4.69) is 10.0 Å². The van der Waals surface area contributed by atoms with Crippen molar-refractivity contribution in [1.29, 1.82) is 0 Å². The van der Waals surface area contributed by atoms with E-state index in [-0.39, 0.29) is 28.8 Å². The molecule has 3 N–H and O–H groups in total. The maximum Gasteiger partial charge on any atom is 0.308 e. The SMILES string of the molecule is COc1ccc(C(=O)NCC(C)C(=O)O)cc1S(=O)(=O)NC1CCCC1. The number of sulfonamides is 1. The van der Waals surface area contributed by atoms with Gasteiger partial charge in [-0.15, -0.1) is 0 Å². The number of hydrogen-bond acceptors (Lipinski definition) is 5. The Morgan fingerprint density at radius 2 is 1.96 bits per heavy atom. The Labute approximate surface area is 153 Å². The van der Waals surface area contributed by atoms with E-state index in [9.17, 15) is 18.0 Å². The summed E-state index contributed by atoms with van der Waals surface area (Å²) in [5, 5.41) is 11.4. The zero-order chi connectivity index (χ0) is 19.3. The van der Waals surface area contributed by atoms with Gasteiger partial charge in [-0.25, -0.2) is 13.1 Å². The lowest BCUT2D eigenvalue weighted by Crippen LogP contribution is -2.33. The number of carbonyl (C=O) groups is 2. The molecule has 1 unspecified atom stereocenters. The summed E-state index contributed by atoms with van der Waals surface area (Å²) in [5.41, 5.74) is 0.121. The van der Waals surface area contributed by atoms with Gasteiger partial charge >= 0.3 is 5.97 Å². The molecule has 0 heterocycles. The minimum atomic E-state index is -3.84. The molecule has 1 fully saturated rings. The van der Waals surface area contributed by atoms with Crippen LogP contribution in [0.25, 0.3) is 0 Å². The molecule has 2 rings (SSSR count). The number of hydrogen-bond donors (Lipinski definition) is 3. The summed E-state index contributed by atoms with van der Waals surface area (Å²) in [4.78, 5) is 23.0. The molecule has 0 aliphatic heterocycles. The lowest BCUT2D eigenvalue weighted by atomic mass is 10.1. The highest BCUT2D eigenvalue weighted by atomic mass is 32.2. The van der Waals surface area contributed by atoms with Crippen LogP contribution in [0.5, 0.6) is 5.75 Å². The van der Waals surface area contributed by atoms with Crippen molar-refractivity contribution in [3.05, 3.63) is 23.8 Å². The van der Waals surface area contributed by atoms with Crippen molar-refractivity contribution in [2.45, 2.75) is 43.5 Å². The molecular formula is C17H24N2O6S. The van der Waals surface area contributed by atoms with E-state index in [4.69, 9.17) is 9.84 Å². The predicted molar refractivity (Wildman–Crippen MR) is 94.7 cm³/mol. The molecule has 9 heteroatoms. The fourth-order valence-corrected chi connectivity index (χ4v) is 4.29. The van der Waals surface area contributed by atoms with E-state index in [1.165, 1.54) is 32.2 Å². The summed E-state index contributed by atoms with van der Waals surface area (Å²) in [6.45, 7) is 1.42. The second-order valence-electron chi connectivity index (χ2n) is 6.42. The average Bonchev–Trinajstić information content (AvgIpc) is 3.10. The average molecular weight is 384 g/mol. The molecule has 0 aromatic heterocycles. The first-order valence-electron chi connectivity index (χ1n) is 8.46. The summed E-state index contributed by atoms with van der Waals surface area (Å²) >= 11 is 0. The Hall–Kier alpha value is -2.13. The Balaban J connectivity index is 2.21. The molecule has 1 saturated carbocycles. The smallest absolute Gasteiger partial charge is 0.308 e. The van der Waals surface area contributed by atoms with Crippen LogP contribution >= 0.6 is 0 Å². The van der Waals surface area contributed by atoms with Gasteiger partial charge in [0.1, 0.15) is 10.6 Å². The zero-order valence-corrected chi connectivity index (χ0v) is 15.6. The van der Waals surface area contributed by atoms with Crippen LogP contribution in [0.4, 0.5) is 0 Å². The van der Waals surface area contributed by atoms with Crippen molar-refractivity contribution < 1.29 is 27.9 Å². The quantitative estimate of drug-likeness (QED) is 0.622. The van der Waals surface area contributed by atoms with E-state index in [1.54, 1.807) is 0 Å². The summed E-state index contributed by atoms with van der Waals surface area (Å²) in [6, 6.07) is 3.99. The van der Waals surface area contributed by atoms with Gasteiger partial charge < -0.3 is 15.2 Å². The van der Waals surface area contributed by atoms with Gasteiger partial charge in [0, 0.05) is 18.2 Å². The predicted octanol–water partition coefficient (Wildman–Crippen LogP) is 1.37. The first-order valence-corrected chi connectivity index (χ1v) is 9.94. The Kier molecular flexibility index (Phi) is 6.60. The molecule has 1 atom stereocenters. The van der Waals surface area contributed by atoms with Crippen molar-refractivity contribution in [3.8, 4) is 5.75 Å². The molecule has 1 amide bonds. The molecule has 144 valence electrons. The van der Waals surface area contributed by atoms with Gasteiger partial charge in [-0.3, -0.25) is 9.59 Å². The number of ether oxygens (including phenoxy) is 1. The number of carboxylic acids is 1. The van der Waals surface area contributed by atoms with Gasteiger partial charge in [0.05, 0.1) is 13.0 Å². The molecule has 8 nitrogen and oxygen atoms in total. The molecule has 0 saturated heterocycles. The molecule has 1 aromatic rings. The van der Waals surface area contributed by atoms with E-state index in [0.717, 1.165) is 25.7 Å². The second-order valence-corrected chi connectivity index (χ2v) is 8.10. The minimum absolute atomic E-state index is 0.0530. The van der Waals surface area contributed by atoms with Crippen molar-refractivity contribution >= 4 is 21.9 Å². The van der Waals surface area contributed by atoms with Crippen molar-refractivity contribution in [2.75, 3.05) is 13.7 Å². The number of carbonyl (C=O) groups excluding carboxylic acids is 1. The lowest BCUT2D eigenvalue weighted by molar-refractivity contribution is -0.140. The number of aliphatic carboxylic acids is 1. The standard InChI is InChI=1S/C17H24N2O6S/c1-11(17(21)22)10-18-16(20)12-7-8-14(25-2)15(9-12)26(23,24)19-13-5-3-4-6-13/h7-9,11,13,19H,3-6,10H2,1-2H3,(H,18,20)(H,21,22). The van der Waals surface area contributed by atoms with Crippen LogP contribution in [-0.2, 0) is 14.8 Å². The molecular weight excluding hydrogens is 360 g/mol. The summed E-state index contributed by atoms with van der Waals surface area (Å²) in [7, 11) is -2.48. The fourth-order valence-electron chi connectivity index (χ4n) is 2.79. The van der Waals surface area contributed by atoms with E-state index in [1.807, 2.05) is 0 Å². The van der Waals surface area contributed by atoms with Crippen molar-refractivity contribution in [3.63, 3.8) is 0 Å². The van der Waals surface area contributed by atoms with Crippen molar-refractivity contribution in [1.82, 2.24) is 10.0 Å². The Morgan fingerprint density at radius 1 is 1.31 bits per heavy atom. The van der Waals surface area contributed by atoms with Gasteiger partial charge in [0.15, 0.2) is 0 Å². The summed E-state index contributed by atoms with van der Waals surface area (Å²) in [5.74, 6) is -2.17. The normalized spacial score (nSPS) is 16.2. The second kappa shape index (κ2) is 8.50. The highest BCUT2D eigenvalue weighted by molar-refractivity contribution is 7.89. The molecule has 0 spiro atoms. The number of rotatable bonds is 8. The number of nitrogens with one attached hydrogen (secondary N) is 2. The van der Waals surface area contributed by atoms with Gasteiger partial charge in [0.25, 0.3) is 5.91 Å². The minimum Gasteiger partial charge on any atom is -0.495 e. The maximum absolute atomic E-state index is 12.7.